The number of rotatable bonds is 4. The van der Waals surface area contributed by atoms with Crippen LogP contribution in [0.1, 0.15) is 41.0 Å². The van der Waals surface area contributed by atoms with Crippen molar-refractivity contribution in [2.45, 2.75) is 38.6 Å². The highest BCUT2D eigenvalue weighted by molar-refractivity contribution is 6.31. The molecule has 4 rings (SSSR count). The van der Waals surface area contributed by atoms with Gasteiger partial charge in [-0.2, -0.15) is 0 Å². The minimum absolute atomic E-state index is 0.0675. The van der Waals surface area contributed by atoms with E-state index < -0.39 is 0 Å². The molecule has 2 aromatic carbocycles. The first-order valence-electron chi connectivity index (χ1n) is 9.23. The summed E-state index contributed by atoms with van der Waals surface area (Å²) in [7, 11) is 0. The molecule has 0 saturated carbocycles. The number of aromatic nitrogens is 2. The van der Waals surface area contributed by atoms with Crippen LogP contribution in [0.4, 0.5) is 0 Å². The molecule has 2 heterocycles. The molecule has 0 aliphatic carbocycles. The predicted molar refractivity (Wildman–Crippen MR) is 105 cm³/mol. The molecule has 0 spiro atoms. The number of hydrogen-bond acceptors (Lipinski definition) is 2. The average molecular weight is 368 g/mol. The van der Waals surface area contributed by atoms with Crippen molar-refractivity contribution in [3.63, 3.8) is 0 Å². The second-order valence-electron chi connectivity index (χ2n) is 6.79. The molecule has 4 nitrogen and oxygen atoms in total. The fourth-order valence-electron chi connectivity index (χ4n) is 3.60. The van der Waals surface area contributed by atoms with Crippen molar-refractivity contribution in [1.29, 1.82) is 0 Å². The maximum atomic E-state index is 12.5. The molecule has 0 bridgehead atoms. The van der Waals surface area contributed by atoms with Gasteiger partial charge in [-0.15, -0.1) is 0 Å². The van der Waals surface area contributed by atoms with Crippen molar-refractivity contribution in [3.05, 3.63) is 64.4 Å². The summed E-state index contributed by atoms with van der Waals surface area (Å²) in [4.78, 5) is 17.2. The number of hydrogen-bond donors (Lipinski definition) is 1. The van der Waals surface area contributed by atoms with Crippen LogP contribution >= 0.6 is 11.6 Å². The number of aryl methyl sites for hydroxylation is 2. The highest BCUT2D eigenvalue weighted by atomic mass is 35.5. The van der Waals surface area contributed by atoms with E-state index in [9.17, 15) is 4.79 Å². The Balaban J connectivity index is 1.46. The lowest BCUT2D eigenvalue weighted by Gasteiger charge is -2.07. The van der Waals surface area contributed by atoms with Crippen LogP contribution in [0.5, 0.6) is 0 Å². The van der Waals surface area contributed by atoms with Crippen LogP contribution in [0.15, 0.2) is 42.5 Å². The van der Waals surface area contributed by atoms with Crippen molar-refractivity contribution < 1.29 is 4.79 Å². The fourth-order valence-corrected chi connectivity index (χ4v) is 3.84. The minimum Gasteiger partial charge on any atom is -0.352 e. The molecule has 1 aliphatic rings. The average Bonchev–Trinajstić information content (AvgIpc) is 2.83. The zero-order chi connectivity index (χ0) is 17.9. The van der Waals surface area contributed by atoms with Gasteiger partial charge in [-0.3, -0.25) is 4.79 Å². The molecule has 1 aromatic heterocycles. The Hall–Kier alpha value is -2.33. The van der Waals surface area contributed by atoms with Crippen molar-refractivity contribution in [1.82, 2.24) is 14.9 Å². The molecule has 0 atom stereocenters. The Morgan fingerprint density at radius 3 is 2.92 bits per heavy atom. The first-order chi connectivity index (χ1) is 12.7. The number of benzene rings is 2. The van der Waals surface area contributed by atoms with Gasteiger partial charge >= 0.3 is 0 Å². The third-order valence-corrected chi connectivity index (χ3v) is 5.38. The Kier molecular flexibility index (Phi) is 4.93. The summed E-state index contributed by atoms with van der Waals surface area (Å²) >= 11 is 6.16. The highest BCUT2D eigenvalue weighted by Crippen LogP contribution is 2.23. The van der Waals surface area contributed by atoms with Gasteiger partial charge in [-0.25, -0.2) is 4.98 Å². The minimum atomic E-state index is -0.0675. The van der Waals surface area contributed by atoms with E-state index >= 15 is 0 Å². The normalized spacial score (nSPS) is 14.0. The largest absolute Gasteiger partial charge is 0.352 e. The van der Waals surface area contributed by atoms with Gasteiger partial charge in [0, 0.05) is 30.1 Å². The van der Waals surface area contributed by atoms with Gasteiger partial charge in [0.2, 0.25) is 0 Å². The van der Waals surface area contributed by atoms with Crippen molar-refractivity contribution in [2.75, 3.05) is 6.54 Å². The van der Waals surface area contributed by atoms with Crippen LogP contribution < -0.4 is 5.32 Å². The second kappa shape index (κ2) is 7.50. The summed E-state index contributed by atoms with van der Waals surface area (Å²) < 4.78 is 2.31. The first kappa shape index (κ1) is 17.1. The van der Waals surface area contributed by atoms with E-state index in [0.29, 0.717) is 18.5 Å². The summed E-state index contributed by atoms with van der Waals surface area (Å²) in [6.45, 7) is 1.58. The number of nitrogens with zero attached hydrogens (tertiary/aromatic N) is 2. The van der Waals surface area contributed by atoms with E-state index in [1.54, 1.807) is 0 Å². The number of halogens is 1. The lowest BCUT2D eigenvalue weighted by molar-refractivity contribution is 0.0954. The summed E-state index contributed by atoms with van der Waals surface area (Å²) in [6, 6.07) is 13.6. The monoisotopic (exact) mass is 367 g/mol. The molecule has 0 radical (unpaired) electrons. The Morgan fingerprint density at radius 1 is 1.15 bits per heavy atom. The maximum Gasteiger partial charge on any atom is 0.251 e. The second-order valence-corrected chi connectivity index (χ2v) is 7.20. The third-order valence-electron chi connectivity index (χ3n) is 5.01. The molecule has 134 valence electrons. The first-order valence-corrected chi connectivity index (χ1v) is 9.61. The molecular formula is C21H22ClN3O. The smallest absolute Gasteiger partial charge is 0.251 e. The molecule has 1 aliphatic heterocycles. The molecule has 5 heteroatoms. The van der Waals surface area contributed by atoms with Crippen LogP contribution in [0, 0.1) is 0 Å². The fraction of sp³-hybridized carbons (Fsp3) is 0.333. The van der Waals surface area contributed by atoms with E-state index in [2.05, 4.69) is 9.88 Å². The van der Waals surface area contributed by atoms with Crippen LogP contribution in [0.3, 0.4) is 0 Å². The summed E-state index contributed by atoms with van der Waals surface area (Å²) in [5, 5.41) is 3.72. The van der Waals surface area contributed by atoms with Crippen LogP contribution in [0.25, 0.3) is 11.0 Å². The van der Waals surface area contributed by atoms with Gasteiger partial charge in [0.1, 0.15) is 5.82 Å². The standard InChI is InChI=1S/C21H22ClN3O/c22-17-7-4-3-6-15(17)11-12-23-21(26)16-9-10-19-18(14-16)24-20-8-2-1-5-13-25(19)20/h3-4,6-7,9-10,14H,1-2,5,8,11-13H2,(H,23,26). The summed E-state index contributed by atoms with van der Waals surface area (Å²) in [5.74, 6) is 1.08. The molecule has 1 amide bonds. The Morgan fingerprint density at radius 2 is 2.04 bits per heavy atom. The Labute approximate surface area is 158 Å². The zero-order valence-electron chi connectivity index (χ0n) is 14.7. The van der Waals surface area contributed by atoms with E-state index in [-0.39, 0.29) is 5.91 Å². The molecule has 0 fully saturated rings. The lowest BCUT2D eigenvalue weighted by Crippen LogP contribution is -2.25. The topological polar surface area (TPSA) is 46.9 Å². The van der Waals surface area contributed by atoms with Crippen molar-refractivity contribution >= 4 is 28.5 Å². The van der Waals surface area contributed by atoms with Gasteiger partial charge in [-0.05, 0) is 49.1 Å². The van der Waals surface area contributed by atoms with Gasteiger partial charge in [0.15, 0.2) is 0 Å². The quantitative estimate of drug-likeness (QED) is 0.743. The molecule has 26 heavy (non-hydrogen) atoms. The van der Waals surface area contributed by atoms with Crippen LogP contribution in [-0.4, -0.2) is 22.0 Å². The predicted octanol–water partition coefficient (Wildman–Crippen LogP) is 4.39. The number of carbonyl (C=O) groups excluding carboxylic acids is 1. The van der Waals surface area contributed by atoms with Gasteiger partial charge < -0.3 is 9.88 Å². The number of carbonyl (C=O) groups is 1. The number of fused-ring (bicyclic) bond motifs is 3. The number of amides is 1. The number of nitrogens with one attached hydrogen (secondary N) is 1. The number of imidazole rings is 1. The van der Waals surface area contributed by atoms with E-state index in [1.165, 1.54) is 19.3 Å². The van der Waals surface area contributed by atoms with Crippen molar-refractivity contribution in [2.24, 2.45) is 0 Å². The molecule has 1 N–H and O–H groups in total. The van der Waals surface area contributed by atoms with Gasteiger partial charge in [-0.1, -0.05) is 36.2 Å². The lowest BCUT2D eigenvalue weighted by atomic mass is 10.1. The third kappa shape index (κ3) is 3.47. The summed E-state index contributed by atoms with van der Waals surface area (Å²) in [6.07, 6.45) is 5.39. The molecule has 0 saturated heterocycles. The molecule has 3 aromatic rings. The van der Waals surface area contributed by atoms with E-state index in [1.807, 2.05) is 42.5 Å². The van der Waals surface area contributed by atoms with Gasteiger partial charge in [0.25, 0.3) is 5.91 Å². The van der Waals surface area contributed by atoms with E-state index in [4.69, 9.17) is 16.6 Å². The molecular weight excluding hydrogens is 346 g/mol. The highest BCUT2D eigenvalue weighted by Gasteiger charge is 2.15. The van der Waals surface area contributed by atoms with Crippen molar-refractivity contribution in [3.8, 4) is 0 Å². The summed E-state index contributed by atoms with van der Waals surface area (Å²) in [5.41, 5.74) is 3.75. The maximum absolute atomic E-state index is 12.5. The molecule has 0 unspecified atom stereocenters. The van der Waals surface area contributed by atoms with Crippen LogP contribution in [-0.2, 0) is 19.4 Å². The zero-order valence-corrected chi connectivity index (χ0v) is 15.4. The Bertz CT molecular complexity index is 948. The SMILES string of the molecule is O=C(NCCc1ccccc1Cl)c1ccc2c(c1)nc1n2CCCCC1. The van der Waals surface area contributed by atoms with Gasteiger partial charge in [0.05, 0.1) is 11.0 Å². The van der Waals surface area contributed by atoms with Crippen LogP contribution in [0.2, 0.25) is 5.02 Å². The van der Waals surface area contributed by atoms with E-state index in [0.717, 1.165) is 40.4 Å².